The Hall–Kier alpha value is -1.36. The molecule has 0 unspecified atom stereocenters. The van der Waals surface area contributed by atoms with E-state index in [1.54, 1.807) is 6.07 Å². The summed E-state index contributed by atoms with van der Waals surface area (Å²) in [6.07, 6.45) is 3.38. The van der Waals surface area contributed by atoms with Crippen LogP contribution in [0.3, 0.4) is 0 Å². The Labute approximate surface area is 129 Å². The maximum atomic E-state index is 11.9. The Morgan fingerprint density at radius 3 is 2.76 bits per heavy atom. The van der Waals surface area contributed by atoms with Gasteiger partial charge in [-0.3, -0.25) is 4.79 Å². The second-order valence-electron chi connectivity index (χ2n) is 5.93. The number of ether oxygens (including phenoxy) is 1. The van der Waals surface area contributed by atoms with Gasteiger partial charge in [0.15, 0.2) is 6.61 Å². The number of nitrogens with one attached hydrogen (secondary N) is 1. The van der Waals surface area contributed by atoms with Gasteiger partial charge in [0, 0.05) is 10.9 Å². The highest BCUT2D eigenvalue weighted by atomic mass is 32.1. The summed E-state index contributed by atoms with van der Waals surface area (Å²) in [6.45, 7) is 6.13. The molecule has 1 aliphatic rings. The summed E-state index contributed by atoms with van der Waals surface area (Å²) >= 11 is 1.38. The van der Waals surface area contributed by atoms with Crippen LogP contribution in [0.5, 0.6) is 0 Å². The van der Waals surface area contributed by atoms with E-state index in [1.807, 2.05) is 13.0 Å². The molecule has 0 saturated heterocycles. The van der Waals surface area contributed by atoms with Crippen molar-refractivity contribution in [1.29, 1.82) is 0 Å². The van der Waals surface area contributed by atoms with Gasteiger partial charge >= 0.3 is 5.97 Å². The van der Waals surface area contributed by atoms with Crippen molar-refractivity contribution in [3.63, 3.8) is 0 Å². The zero-order valence-corrected chi connectivity index (χ0v) is 13.7. The van der Waals surface area contributed by atoms with Crippen LogP contribution >= 0.6 is 11.3 Å². The highest BCUT2D eigenvalue weighted by Crippen LogP contribution is 2.29. The van der Waals surface area contributed by atoms with Gasteiger partial charge in [-0.2, -0.15) is 0 Å². The maximum Gasteiger partial charge on any atom is 0.348 e. The van der Waals surface area contributed by atoms with Crippen molar-refractivity contribution < 1.29 is 14.3 Å². The Bertz CT molecular complexity index is 511. The minimum absolute atomic E-state index is 0.198. The van der Waals surface area contributed by atoms with Crippen molar-refractivity contribution in [2.24, 2.45) is 11.8 Å². The fraction of sp³-hybridized carbons (Fsp3) is 0.625. The number of hydrogen-bond acceptors (Lipinski definition) is 4. The van der Waals surface area contributed by atoms with Gasteiger partial charge < -0.3 is 10.1 Å². The summed E-state index contributed by atoms with van der Waals surface area (Å²) in [5.41, 5.74) is 0. The largest absolute Gasteiger partial charge is 0.451 e. The molecule has 0 aromatic carbocycles. The number of thiophene rings is 1. The van der Waals surface area contributed by atoms with Crippen LogP contribution in [0.15, 0.2) is 12.1 Å². The van der Waals surface area contributed by atoms with Gasteiger partial charge in [-0.1, -0.05) is 26.7 Å². The predicted molar refractivity (Wildman–Crippen MR) is 83.4 cm³/mol. The fourth-order valence-electron chi connectivity index (χ4n) is 2.78. The third kappa shape index (κ3) is 4.30. The molecule has 21 heavy (non-hydrogen) atoms. The van der Waals surface area contributed by atoms with Crippen LogP contribution in [-0.4, -0.2) is 24.5 Å². The van der Waals surface area contributed by atoms with Crippen LogP contribution < -0.4 is 5.32 Å². The molecule has 1 fully saturated rings. The molecule has 4 nitrogen and oxygen atoms in total. The maximum absolute atomic E-state index is 11.9. The number of carbonyl (C=O) groups is 2. The molecular formula is C16H23NO3S. The molecule has 0 aliphatic heterocycles. The number of esters is 1. The Balaban J connectivity index is 1.78. The molecule has 0 radical (unpaired) electrons. The molecule has 1 aliphatic carbocycles. The van der Waals surface area contributed by atoms with Crippen LogP contribution in [0.1, 0.15) is 47.7 Å². The molecule has 2 rings (SSSR count). The van der Waals surface area contributed by atoms with Crippen molar-refractivity contribution in [2.45, 2.75) is 46.1 Å². The van der Waals surface area contributed by atoms with Crippen molar-refractivity contribution >= 4 is 23.2 Å². The summed E-state index contributed by atoms with van der Waals surface area (Å²) < 4.78 is 5.07. The zero-order chi connectivity index (χ0) is 15.4. The molecule has 1 aromatic rings. The van der Waals surface area contributed by atoms with E-state index in [-0.39, 0.29) is 18.6 Å². The molecule has 0 bridgehead atoms. The molecule has 3 atom stereocenters. The van der Waals surface area contributed by atoms with E-state index in [4.69, 9.17) is 4.74 Å². The van der Waals surface area contributed by atoms with Crippen molar-refractivity contribution in [3.05, 3.63) is 21.9 Å². The number of carbonyl (C=O) groups excluding carboxylic acids is 2. The van der Waals surface area contributed by atoms with Crippen LogP contribution in [0.25, 0.3) is 0 Å². The van der Waals surface area contributed by atoms with Crippen LogP contribution in [0.4, 0.5) is 0 Å². The van der Waals surface area contributed by atoms with Gasteiger partial charge in [0.25, 0.3) is 5.91 Å². The van der Waals surface area contributed by atoms with Crippen LogP contribution in [-0.2, 0) is 9.53 Å². The lowest BCUT2D eigenvalue weighted by Crippen LogP contribution is -2.45. The van der Waals surface area contributed by atoms with Crippen molar-refractivity contribution in [3.8, 4) is 0 Å². The third-order valence-electron chi connectivity index (χ3n) is 4.33. The van der Waals surface area contributed by atoms with Gasteiger partial charge in [0.1, 0.15) is 4.88 Å². The Morgan fingerprint density at radius 2 is 2.10 bits per heavy atom. The van der Waals surface area contributed by atoms with Crippen LogP contribution in [0, 0.1) is 18.8 Å². The van der Waals surface area contributed by atoms with Gasteiger partial charge in [-0.15, -0.1) is 11.3 Å². The van der Waals surface area contributed by atoms with E-state index in [0.29, 0.717) is 16.7 Å². The average molecular weight is 309 g/mol. The second-order valence-corrected chi connectivity index (χ2v) is 7.22. The predicted octanol–water partition coefficient (Wildman–Crippen LogP) is 3.15. The SMILES string of the molecule is Cc1ccc(C(=O)OCC(=O)N[C@@H]2CCC[C@@H](C)[C@@H]2C)s1. The smallest absolute Gasteiger partial charge is 0.348 e. The van der Waals surface area contributed by atoms with E-state index < -0.39 is 5.97 Å². The van der Waals surface area contributed by atoms with Gasteiger partial charge in [0.05, 0.1) is 0 Å². The highest BCUT2D eigenvalue weighted by Gasteiger charge is 2.28. The first-order valence-electron chi connectivity index (χ1n) is 7.50. The number of hydrogen-bond donors (Lipinski definition) is 1. The summed E-state index contributed by atoms with van der Waals surface area (Å²) in [4.78, 5) is 25.3. The first-order chi connectivity index (χ1) is 9.97. The topological polar surface area (TPSA) is 55.4 Å². The fourth-order valence-corrected chi connectivity index (χ4v) is 3.54. The first kappa shape index (κ1) is 16.0. The van der Waals surface area contributed by atoms with E-state index in [0.717, 1.165) is 17.7 Å². The first-order valence-corrected chi connectivity index (χ1v) is 8.32. The summed E-state index contributed by atoms with van der Waals surface area (Å²) in [5.74, 6) is 0.468. The molecule has 1 amide bonds. The lowest BCUT2D eigenvalue weighted by Gasteiger charge is -2.34. The average Bonchev–Trinajstić information content (AvgIpc) is 2.88. The lowest BCUT2D eigenvalue weighted by atomic mass is 9.78. The van der Waals surface area contributed by atoms with E-state index in [2.05, 4.69) is 19.2 Å². The standard InChI is InChI=1S/C16H23NO3S/c1-10-5-4-6-13(12(10)3)17-15(18)9-20-16(19)14-8-7-11(2)21-14/h7-8,10,12-13H,4-6,9H2,1-3H3,(H,17,18)/t10-,12+,13-/m1/s1. The second kappa shape index (κ2) is 7.07. The molecule has 116 valence electrons. The quantitative estimate of drug-likeness (QED) is 0.869. The molecule has 0 spiro atoms. The molecular weight excluding hydrogens is 286 g/mol. The number of rotatable bonds is 4. The summed E-state index contributed by atoms with van der Waals surface area (Å²) in [5, 5.41) is 3.00. The normalized spacial score (nSPS) is 25.4. The molecule has 1 N–H and O–H groups in total. The summed E-state index contributed by atoms with van der Waals surface area (Å²) in [6, 6.07) is 3.79. The van der Waals surface area contributed by atoms with Crippen molar-refractivity contribution in [2.75, 3.05) is 6.61 Å². The number of aryl methyl sites for hydroxylation is 1. The van der Waals surface area contributed by atoms with E-state index in [9.17, 15) is 9.59 Å². The van der Waals surface area contributed by atoms with Gasteiger partial charge in [-0.25, -0.2) is 4.79 Å². The molecule has 1 heterocycles. The minimum atomic E-state index is -0.423. The highest BCUT2D eigenvalue weighted by molar-refractivity contribution is 7.13. The van der Waals surface area contributed by atoms with Gasteiger partial charge in [-0.05, 0) is 37.3 Å². The minimum Gasteiger partial charge on any atom is -0.451 e. The van der Waals surface area contributed by atoms with E-state index in [1.165, 1.54) is 17.8 Å². The lowest BCUT2D eigenvalue weighted by molar-refractivity contribution is -0.125. The third-order valence-corrected chi connectivity index (χ3v) is 5.31. The van der Waals surface area contributed by atoms with E-state index >= 15 is 0 Å². The molecule has 5 heteroatoms. The molecule has 1 aromatic heterocycles. The van der Waals surface area contributed by atoms with Crippen molar-refractivity contribution in [1.82, 2.24) is 5.32 Å². The van der Waals surface area contributed by atoms with Gasteiger partial charge in [0.2, 0.25) is 0 Å². The number of amides is 1. The van der Waals surface area contributed by atoms with Crippen LogP contribution in [0.2, 0.25) is 0 Å². The Morgan fingerprint density at radius 1 is 1.33 bits per heavy atom. The Kier molecular flexibility index (Phi) is 5.39. The zero-order valence-electron chi connectivity index (χ0n) is 12.8. The monoisotopic (exact) mass is 309 g/mol. The summed E-state index contributed by atoms with van der Waals surface area (Å²) in [7, 11) is 0. The molecule has 1 saturated carbocycles.